The second-order valence-corrected chi connectivity index (χ2v) is 4.52. The number of aromatic hydroxyl groups is 1. The van der Waals surface area contributed by atoms with Crippen LogP contribution in [0.4, 0.5) is 0 Å². The van der Waals surface area contributed by atoms with E-state index in [9.17, 15) is 9.90 Å². The van der Waals surface area contributed by atoms with Crippen LogP contribution in [0.3, 0.4) is 0 Å². The summed E-state index contributed by atoms with van der Waals surface area (Å²) in [6.45, 7) is 5.51. The highest BCUT2D eigenvalue weighted by atomic mass is 16.3. The number of hydrogen-bond acceptors (Lipinski definition) is 4. The van der Waals surface area contributed by atoms with E-state index in [-0.39, 0.29) is 11.3 Å². The Morgan fingerprint density at radius 1 is 1.30 bits per heavy atom. The average Bonchev–Trinajstić information content (AvgIpc) is 2.75. The summed E-state index contributed by atoms with van der Waals surface area (Å²) < 4.78 is 5.51. The van der Waals surface area contributed by atoms with Gasteiger partial charge in [-0.25, -0.2) is 5.43 Å². The van der Waals surface area contributed by atoms with Gasteiger partial charge in [-0.05, 0) is 44.5 Å². The van der Waals surface area contributed by atoms with Crippen molar-refractivity contribution in [3.05, 3.63) is 53.0 Å². The monoisotopic (exact) mass is 272 g/mol. The molecule has 2 aromatic rings. The van der Waals surface area contributed by atoms with Crippen molar-refractivity contribution in [1.29, 1.82) is 0 Å². The first-order valence-electron chi connectivity index (χ1n) is 6.19. The summed E-state index contributed by atoms with van der Waals surface area (Å²) in [6, 6.07) is 8.20. The molecular formula is C15H16N2O3. The number of benzene rings is 1. The van der Waals surface area contributed by atoms with Gasteiger partial charge in [-0.2, -0.15) is 5.10 Å². The molecule has 0 fully saturated rings. The van der Waals surface area contributed by atoms with Crippen LogP contribution in [0.2, 0.25) is 0 Å². The lowest BCUT2D eigenvalue weighted by Gasteiger charge is -2.03. The maximum absolute atomic E-state index is 11.9. The lowest BCUT2D eigenvalue weighted by Crippen LogP contribution is -2.19. The number of hydrazone groups is 1. The first-order valence-corrected chi connectivity index (χ1v) is 6.19. The summed E-state index contributed by atoms with van der Waals surface area (Å²) >= 11 is 0. The predicted molar refractivity (Wildman–Crippen MR) is 76.0 cm³/mol. The van der Waals surface area contributed by atoms with Crippen LogP contribution in [-0.4, -0.2) is 16.7 Å². The number of phenols is 1. The number of phenolic OH excluding ortho intramolecular Hbond substituents is 1. The first-order chi connectivity index (χ1) is 9.49. The number of amides is 1. The average molecular weight is 272 g/mol. The second kappa shape index (κ2) is 5.61. The van der Waals surface area contributed by atoms with Crippen LogP contribution in [0.1, 0.15) is 34.4 Å². The van der Waals surface area contributed by atoms with Crippen molar-refractivity contribution in [3.63, 3.8) is 0 Å². The van der Waals surface area contributed by atoms with E-state index in [4.69, 9.17) is 4.42 Å². The minimum atomic E-state index is -0.469. The molecule has 104 valence electrons. The highest BCUT2D eigenvalue weighted by Gasteiger charge is 2.11. The molecule has 0 aliphatic carbocycles. The van der Waals surface area contributed by atoms with Crippen molar-refractivity contribution in [3.8, 4) is 5.75 Å². The summed E-state index contributed by atoms with van der Waals surface area (Å²) in [4.78, 5) is 11.9. The van der Waals surface area contributed by atoms with Gasteiger partial charge in [0.1, 0.15) is 17.2 Å². The standard InChI is InChI=1S/C15H16N2O3/c1-9-8-10(2)20-14(9)11(3)16-17-15(19)12-6-4-5-7-13(12)18/h4-8,18H,1-3H3,(H,17,19)/b16-11+. The molecule has 0 aliphatic heterocycles. The largest absolute Gasteiger partial charge is 0.507 e. The lowest BCUT2D eigenvalue weighted by molar-refractivity contribution is 0.0952. The van der Waals surface area contributed by atoms with Crippen molar-refractivity contribution in [2.45, 2.75) is 20.8 Å². The molecule has 2 rings (SSSR count). The maximum Gasteiger partial charge on any atom is 0.275 e. The Hall–Kier alpha value is -2.56. The van der Waals surface area contributed by atoms with Crippen LogP contribution >= 0.6 is 0 Å². The molecule has 0 atom stereocenters. The van der Waals surface area contributed by atoms with Crippen LogP contribution in [0.15, 0.2) is 39.9 Å². The third-order valence-corrected chi connectivity index (χ3v) is 2.84. The molecule has 0 bridgehead atoms. The number of aryl methyl sites for hydroxylation is 2. The molecule has 1 heterocycles. The number of nitrogens with zero attached hydrogens (tertiary/aromatic N) is 1. The number of hydrogen-bond donors (Lipinski definition) is 2. The molecule has 0 radical (unpaired) electrons. The molecule has 1 aromatic heterocycles. The summed E-state index contributed by atoms with van der Waals surface area (Å²) in [5.41, 5.74) is 4.11. The van der Waals surface area contributed by atoms with Gasteiger partial charge >= 0.3 is 0 Å². The van der Waals surface area contributed by atoms with Crippen LogP contribution in [0.25, 0.3) is 0 Å². The molecule has 0 unspecified atom stereocenters. The molecular weight excluding hydrogens is 256 g/mol. The van der Waals surface area contributed by atoms with E-state index in [1.165, 1.54) is 12.1 Å². The molecule has 1 aromatic carbocycles. The Kier molecular flexibility index (Phi) is 3.89. The van der Waals surface area contributed by atoms with Crippen molar-refractivity contribution in [2.75, 3.05) is 0 Å². The normalized spacial score (nSPS) is 11.4. The van der Waals surface area contributed by atoms with Gasteiger partial charge in [0.25, 0.3) is 5.91 Å². The Bertz CT molecular complexity index is 672. The first kappa shape index (κ1) is 13.9. The van der Waals surface area contributed by atoms with E-state index in [0.717, 1.165) is 11.3 Å². The molecule has 2 N–H and O–H groups in total. The third kappa shape index (κ3) is 2.88. The minimum absolute atomic E-state index is 0.0807. The number of carbonyl (C=O) groups is 1. The lowest BCUT2D eigenvalue weighted by atomic mass is 10.2. The highest BCUT2D eigenvalue weighted by molar-refractivity contribution is 6.00. The summed E-state index contributed by atoms with van der Waals surface area (Å²) in [5.74, 6) is 0.880. The zero-order chi connectivity index (χ0) is 14.7. The molecule has 0 saturated carbocycles. The Morgan fingerprint density at radius 2 is 2.00 bits per heavy atom. The van der Waals surface area contributed by atoms with Crippen LogP contribution in [0.5, 0.6) is 5.75 Å². The zero-order valence-electron chi connectivity index (χ0n) is 11.6. The van der Waals surface area contributed by atoms with Crippen molar-refractivity contribution >= 4 is 11.6 Å². The van der Waals surface area contributed by atoms with E-state index < -0.39 is 5.91 Å². The number of rotatable bonds is 3. The molecule has 0 spiro atoms. The SMILES string of the molecule is C/C(=N\NC(=O)c1ccccc1O)c1oc(C)cc1C. The van der Waals surface area contributed by atoms with Gasteiger partial charge in [0, 0.05) is 0 Å². The van der Waals surface area contributed by atoms with Crippen LogP contribution in [0, 0.1) is 13.8 Å². The van der Waals surface area contributed by atoms with Gasteiger partial charge in [-0.15, -0.1) is 0 Å². The van der Waals surface area contributed by atoms with E-state index >= 15 is 0 Å². The molecule has 5 nitrogen and oxygen atoms in total. The summed E-state index contributed by atoms with van der Waals surface area (Å²) in [6.07, 6.45) is 0. The summed E-state index contributed by atoms with van der Waals surface area (Å²) in [5, 5.41) is 13.6. The molecule has 0 aliphatic rings. The van der Waals surface area contributed by atoms with Gasteiger partial charge in [0.2, 0.25) is 0 Å². The number of carbonyl (C=O) groups excluding carboxylic acids is 1. The van der Waals surface area contributed by atoms with Gasteiger partial charge in [0.15, 0.2) is 5.76 Å². The predicted octanol–water partition coefficient (Wildman–Crippen LogP) is 2.76. The fourth-order valence-electron chi connectivity index (χ4n) is 1.91. The number of para-hydroxylation sites is 1. The Morgan fingerprint density at radius 3 is 2.60 bits per heavy atom. The van der Waals surface area contributed by atoms with Crippen molar-refractivity contribution in [2.24, 2.45) is 5.10 Å². The smallest absolute Gasteiger partial charge is 0.275 e. The zero-order valence-corrected chi connectivity index (χ0v) is 11.6. The van der Waals surface area contributed by atoms with Crippen LogP contribution in [-0.2, 0) is 0 Å². The molecule has 0 saturated heterocycles. The van der Waals surface area contributed by atoms with Gasteiger partial charge < -0.3 is 9.52 Å². The van der Waals surface area contributed by atoms with Crippen molar-refractivity contribution < 1.29 is 14.3 Å². The van der Waals surface area contributed by atoms with E-state index in [1.807, 2.05) is 19.9 Å². The van der Waals surface area contributed by atoms with Crippen LogP contribution < -0.4 is 5.43 Å². The third-order valence-electron chi connectivity index (χ3n) is 2.84. The number of furan rings is 1. The fraction of sp³-hybridized carbons (Fsp3) is 0.200. The van der Waals surface area contributed by atoms with E-state index in [2.05, 4.69) is 10.5 Å². The van der Waals surface area contributed by atoms with E-state index in [0.29, 0.717) is 11.5 Å². The van der Waals surface area contributed by atoms with Gasteiger partial charge in [-0.1, -0.05) is 12.1 Å². The molecule has 1 amide bonds. The maximum atomic E-state index is 11.9. The fourth-order valence-corrected chi connectivity index (χ4v) is 1.91. The molecule has 20 heavy (non-hydrogen) atoms. The highest BCUT2D eigenvalue weighted by Crippen LogP contribution is 2.16. The van der Waals surface area contributed by atoms with Crippen molar-refractivity contribution in [1.82, 2.24) is 5.43 Å². The number of nitrogens with one attached hydrogen (secondary N) is 1. The van der Waals surface area contributed by atoms with Gasteiger partial charge in [-0.3, -0.25) is 4.79 Å². The topological polar surface area (TPSA) is 74.8 Å². The van der Waals surface area contributed by atoms with E-state index in [1.54, 1.807) is 19.1 Å². The quantitative estimate of drug-likeness (QED) is 0.666. The second-order valence-electron chi connectivity index (χ2n) is 4.52. The minimum Gasteiger partial charge on any atom is -0.507 e. The summed E-state index contributed by atoms with van der Waals surface area (Å²) in [7, 11) is 0. The Labute approximate surface area is 116 Å². The molecule has 5 heteroatoms. The van der Waals surface area contributed by atoms with Gasteiger partial charge in [0.05, 0.1) is 5.56 Å². The Balaban J connectivity index is 2.15.